The Morgan fingerprint density at radius 2 is 1.95 bits per heavy atom. The first-order chi connectivity index (χ1) is 20.2. The van der Waals surface area contributed by atoms with Crippen molar-refractivity contribution in [3.05, 3.63) is 36.7 Å². The van der Waals surface area contributed by atoms with Gasteiger partial charge < -0.3 is 25.9 Å². The smallest absolute Gasteiger partial charge is 0.320 e. The van der Waals surface area contributed by atoms with Gasteiger partial charge in [-0.25, -0.2) is 9.18 Å². The number of hydrogen-bond donors (Lipinski definition) is 5. The van der Waals surface area contributed by atoms with Crippen molar-refractivity contribution in [3.63, 3.8) is 0 Å². The van der Waals surface area contributed by atoms with Gasteiger partial charge in [0.05, 0.1) is 24.1 Å². The fraction of sp³-hybridized carbons (Fsp3) is 0.733. The summed E-state index contributed by atoms with van der Waals surface area (Å²) in [4.78, 5) is 33.1. The normalized spacial score (nSPS) is 40.7. The molecule has 6 heterocycles. The molecule has 5 N–H and O–H groups in total. The van der Waals surface area contributed by atoms with Crippen LogP contribution in [0.1, 0.15) is 53.4 Å². The van der Waals surface area contributed by atoms with E-state index < -0.39 is 12.3 Å². The van der Waals surface area contributed by atoms with Crippen molar-refractivity contribution in [1.29, 1.82) is 0 Å². The second-order valence-corrected chi connectivity index (χ2v) is 13.3. The second-order valence-electron chi connectivity index (χ2n) is 13.3. The number of halogens is 1. The first-order valence-electron chi connectivity index (χ1n) is 15.7. The van der Waals surface area contributed by atoms with E-state index in [1.165, 1.54) is 6.08 Å². The lowest BCUT2D eigenvalue weighted by molar-refractivity contribution is -0.137. The Morgan fingerprint density at radius 1 is 1.14 bits per heavy atom. The molecule has 232 valence electrons. The van der Waals surface area contributed by atoms with Crippen molar-refractivity contribution >= 4 is 11.9 Å². The largest absolute Gasteiger partial charge is 0.334 e. The molecule has 6 aliphatic heterocycles. The van der Waals surface area contributed by atoms with E-state index in [9.17, 15) is 9.59 Å². The van der Waals surface area contributed by atoms with Gasteiger partial charge in [-0.2, -0.15) is 0 Å². The van der Waals surface area contributed by atoms with Crippen LogP contribution in [0.5, 0.6) is 0 Å². The molecule has 6 aliphatic rings. The van der Waals surface area contributed by atoms with Gasteiger partial charge in [0.1, 0.15) is 12.3 Å². The number of carbonyl (C=O) groups excluding carboxylic acids is 2. The number of fused-ring (bicyclic) bond motifs is 5. The van der Waals surface area contributed by atoms with Crippen LogP contribution in [-0.2, 0) is 4.79 Å². The maximum absolute atomic E-state index is 16.3. The highest BCUT2D eigenvalue weighted by Gasteiger charge is 2.56. The van der Waals surface area contributed by atoms with Gasteiger partial charge in [0.2, 0.25) is 5.91 Å². The first kappa shape index (κ1) is 29.4. The molecule has 10 atom stereocenters. The number of rotatable bonds is 3. The van der Waals surface area contributed by atoms with E-state index in [0.29, 0.717) is 31.8 Å². The van der Waals surface area contributed by atoms with Crippen molar-refractivity contribution in [1.82, 2.24) is 46.6 Å². The molecule has 0 aliphatic carbocycles. The van der Waals surface area contributed by atoms with Gasteiger partial charge >= 0.3 is 6.03 Å². The zero-order valence-electron chi connectivity index (χ0n) is 25.3. The quantitative estimate of drug-likeness (QED) is 0.251. The Balaban J connectivity index is 1.38. The van der Waals surface area contributed by atoms with Crippen LogP contribution in [0.15, 0.2) is 36.7 Å². The number of piperazine rings is 1. The number of piperidine rings is 2. The van der Waals surface area contributed by atoms with Crippen LogP contribution in [0.3, 0.4) is 0 Å². The summed E-state index contributed by atoms with van der Waals surface area (Å²) in [5.41, 5.74) is 7.15. The number of allylic oxidation sites excluding steroid dienone is 2. The van der Waals surface area contributed by atoms with Crippen molar-refractivity contribution in [2.45, 2.75) is 102 Å². The molecule has 0 aromatic carbocycles. The molecule has 0 spiro atoms. The number of urea groups is 1. The lowest BCUT2D eigenvalue weighted by atomic mass is 9.76. The summed E-state index contributed by atoms with van der Waals surface area (Å²) in [6, 6.07) is -0.0944. The summed E-state index contributed by atoms with van der Waals surface area (Å²) in [6.07, 6.45) is 7.98. The van der Waals surface area contributed by atoms with Gasteiger partial charge in [-0.15, -0.1) is 5.53 Å². The molecule has 11 nitrogen and oxygen atoms in total. The number of nitrogens with one attached hydrogen (secondary N) is 5. The average molecular weight is 586 g/mol. The summed E-state index contributed by atoms with van der Waals surface area (Å²) in [5, 5.41) is 12.6. The lowest BCUT2D eigenvalue weighted by Gasteiger charge is -2.60. The minimum Gasteiger partial charge on any atom is -0.334 e. The molecule has 0 aromatic rings. The highest BCUT2D eigenvalue weighted by Crippen LogP contribution is 2.40. The monoisotopic (exact) mass is 585 g/mol. The zero-order valence-corrected chi connectivity index (χ0v) is 25.3. The predicted octanol–water partition coefficient (Wildman–Crippen LogP) is 1.56. The number of hydrogen-bond acceptors (Lipinski definition) is 8. The van der Waals surface area contributed by atoms with E-state index in [1.807, 2.05) is 27.9 Å². The molecule has 0 aromatic heterocycles. The minimum absolute atomic E-state index is 0.0133. The SMILES string of the molecule is C=CC(=O)N1C[C@H](C)N(C2NC(=O)N3C4NC(C(F)CC42)N2NNC=C2CC=CCC2CCNC(C(C)C)C23)C[C@H]1C. The number of amides is 3. The van der Waals surface area contributed by atoms with Gasteiger partial charge in [0, 0.05) is 49.8 Å². The lowest BCUT2D eigenvalue weighted by Crippen LogP contribution is -2.80. The number of carbonyl (C=O) groups is 2. The second kappa shape index (κ2) is 11.8. The van der Waals surface area contributed by atoms with Crippen molar-refractivity contribution < 1.29 is 14.0 Å². The topological polar surface area (TPSA) is 107 Å². The van der Waals surface area contributed by atoms with Gasteiger partial charge in [-0.1, -0.05) is 32.6 Å². The maximum atomic E-state index is 16.3. The summed E-state index contributed by atoms with van der Waals surface area (Å²) in [6.45, 7) is 14.3. The molecule has 12 heteroatoms. The summed E-state index contributed by atoms with van der Waals surface area (Å²) in [5.74, 6) is 0.334. The molecule has 2 bridgehead atoms. The van der Waals surface area contributed by atoms with Gasteiger partial charge in [-0.05, 0) is 57.6 Å². The van der Waals surface area contributed by atoms with Crippen LogP contribution in [-0.4, -0.2) is 100 Å². The molecule has 4 saturated heterocycles. The number of alkyl halides is 1. The fourth-order valence-corrected chi connectivity index (χ4v) is 8.31. The Kier molecular flexibility index (Phi) is 8.25. The zero-order chi connectivity index (χ0) is 29.7. The Labute approximate surface area is 248 Å². The molecule has 0 radical (unpaired) electrons. The molecular weight excluding hydrogens is 537 g/mol. The number of hydrazine groups is 2. The molecule has 0 saturated carbocycles. The van der Waals surface area contributed by atoms with Crippen LogP contribution in [0.25, 0.3) is 0 Å². The fourth-order valence-electron chi connectivity index (χ4n) is 8.31. The van der Waals surface area contributed by atoms with Crippen molar-refractivity contribution in [2.75, 3.05) is 19.6 Å². The molecule has 8 unspecified atom stereocenters. The van der Waals surface area contributed by atoms with Crippen LogP contribution in [0, 0.1) is 17.8 Å². The summed E-state index contributed by atoms with van der Waals surface area (Å²) in [7, 11) is 0. The Bertz CT molecular complexity index is 1120. The van der Waals surface area contributed by atoms with Gasteiger partial charge in [-0.3, -0.25) is 20.0 Å². The number of nitrogens with zero attached hydrogens (tertiary/aromatic N) is 4. The standard InChI is InChI=1S/C30H48FN9O2/c1-6-24(41)37-15-19(5)38(16-18(37)4)27-22-13-23(31)29-34-28(22)39(30(42)35-27)26-20(11-12-32-25(26)17(2)3)9-7-8-10-21-14-33-36-40(21)29/h6-8,14,17-20,22-23,25-29,32-34,36H,1,9-13,15-16H2,2-5H3,(H,35,42)/t18-,19+,20?,22?,23?,25?,26?,27?,28?,29?/m1/s1. The third kappa shape index (κ3) is 5.10. The van der Waals surface area contributed by atoms with Gasteiger partial charge in [0.15, 0.2) is 0 Å². The highest BCUT2D eigenvalue weighted by molar-refractivity contribution is 5.87. The molecular formula is C30H48FN9O2. The third-order valence-corrected chi connectivity index (χ3v) is 10.4. The van der Waals surface area contributed by atoms with Gasteiger partial charge in [0.25, 0.3) is 0 Å². The minimum atomic E-state index is -1.18. The van der Waals surface area contributed by atoms with E-state index >= 15 is 4.39 Å². The summed E-state index contributed by atoms with van der Waals surface area (Å²) >= 11 is 0. The van der Waals surface area contributed by atoms with Crippen LogP contribution in [0.4, 0.5) is 9.18 Å². The third-order valence-electron chi connectivity index (χ3n) is 10.4. The van der Waals surface area contributed by atoms with E-state index in [4.69, 9.17) is 0 Å². The molecule has 42 heavy (non-hydrogen) atoms. The highest BCUT2D eigenvalue weighted by atomic mass is 19.1. The average Bonchev–Trinajstić information content (AvgIpc) is 3.43. The van der Waals surface area contributed by atoms with Crippen molar-refractivity contribution in [2.24, 2.45) is 17.8 Å². The van der Waals surface area contributed by atoms with E-state index in [0.717, 1.165) is 25.1 Å². The van der Waals surface area contributed by atoms with E-state index in [2.05, 4.69) is 71.3 Å². The van der Waals surface area contributed by atoms with Crippen LogP contribution < -0.4 is 26.9 Å². The molecule has 4 fully saturated rings. The molecule has 3 amide bonds. The predicted molar refractivity (Wildman–Crippen MR) is 159 cm³/mol. The van der Waals surface area contributed by atoms with Crippen molar-refractivity contribution in [3.8, 4) is 0 Å². The van der Waals surface area contributed by atoms with E-state index in [1.54, 1.807) is 0 Å². The summed E-state index contributed by atoms with van der Waals surface area (Å²) < 4.78 is 16.3. The Morgan fingerprint density at radius 3 is 2.71 bits per heavy atom. The Hall–Kier alpha value is -2.67. The van der Waals surface area contributed by atoms with Crippen LogP contribution >= 0.6 is 0 Å². The van der Waals surface area contributed by atoms with E-state index in [-0.39, 0.29) is 60.3 Å². The van der Waals surface area contributed by atoms with Crippen LogP contribution in [0.2, 0.25) is 0 Å². The molecule has 6 rings (SSSR count). The first-order valence-corrected chi connectivity index (χ1v) is 15.7. The maximum Gasteiger partial charge on any atom is 0.320 e.